The smallest absolute Gasteiger partial charge is 0.248 e. The van der Waals surface area contributed by atoms with Crippen LogP contribution in [0.2, 0.25) is 0 Å². The average molecular weight is 409 g/mol. The second-order valence-electron chi connectivity index (χ2n) is 4.84. The Morgan fingerprint density at radius 1 is 1.09 bits per heavy atom. The first-order chi connectivity index (χ1) is 10.6. The topological polar surface area (TPSA) is 43.4 Å². The minimum Gasteiger partial charge on any atom is -0.248 e. The van der Waals surface area contributed by atoms with E-state index in [1.54, 1.807) is 13.0 Å². The monoisotopic (exact) mass is 408 g/mol. The Hall–Kier alpha value is -1.38. The maximum Gasteiger partial charge on any atom is 0.420 e. The van der Waals surface area contributed by atoms with Crippen LogP contribution in [0.3, 0.4) is 0 Å². The Morgan fingerprint density at radius 3 is 2.22 bits per heavy atom. The van der Waals surface area contributed by atoms with Gasteiger partial charge in [-0.05, 0) is 30.7 Å². The van der Waals surface area contributed by atoms with E-state index in [2.05, 4.69) is 20.1 Å². The molecule has 0 saturated heterocycles. The van der Waals surface area contributed by atoms with E-state index in [0.29, 0.717) is 4.47 Å². The number of alkyl halides is 3. The van der Waals surface area contributed by atoms with Crippen LogP contribution in [0.25, 0.3) is 0 Å². The molecule has 0 aliphatic heterocycles. The number of rotatable bonds is 4. The molecule has 0 N–H and O–H groups in total. The van der Waals surface area contributed by atoms with E-state index in [0.717, 1.165) is 5.56 Å². The highest BCUT2D eigenvalue weighted by atomic mass is 79.9. The van der Waals surface area contributed by atoms with Crippen LogP contribution >= 0.6 is 15.9 Å². The highest BCUT2D eigenvalue weighted by Gasteiger charge is 2.45. The van der Waals surface area contributed by atoms with E-state index in [-0.39, 0.29) is 10.5 Å². The summed E-state index contributed by atoms with van der Waals surface area (Å²) in [6.07, 6.45) is -7.43. The van der Waals surface area contributed by atoms with Gasteiger partial charge in [-0.2, -0.15) is 21.6 Å². The fourth-order valence-electron chi connectivity index (χ4n) is 1.85. The van der Waals surface area contributed by atoms with Crippen molar-refractivity contribution in [3.05, 3.63) is 64.1 Å². The van der Waals surface area contributed by atoms with Crippen molar-refractivity contribution < 1.29 is 25.8 Å². The number of benzene rings is 2. The molecule has 2 rings (SSSR count). The predicted molar refractivity (Wildman–Crippen MR) is 82.4 cm³/mol. The molecule has 0 aromatic heterocycles. The molecule has 0 fully saturated rings. The van der Waals surface area contributed by atoms with E-state index >= 15 is 0 Å². The molecule has 2 aromatic rings. The molecule has 1 unspecified atom stereocenters. The van der Waals surface area contributed by atoms with Crippen LogP contribution < -0.4 is 0 Å². The van der Waals surface area contributed by atoms with Crippen molar-refractivity contribution in [2.45, 2.75) is 24.1 Å². The molecular formula is C15H12BrF3O3S. The third-order valence-electron chi connectivity index (χ3n) is 2.99. The number of aryl methyl sites for hydroxylation is 1. The van der Waals surface area contributed by atoms with Crippen molar-refractivity contribution in [2.24, 2.45) is 0 Å². The van der Waals surface area contributed by atoms with Crippen molar-refractivity contribution in [2.75, 3.05) is 0 Å². The molecular weight excluding hydrogens is 397 g/mol. The second kappa shape index (κ2) is 6.62. The van der Waals surface area contributed by atoms with Crippen molar-refractivity contribution in [1.29, 1.82) is 0 Å². The summed E-state index contributed by atoms with van der Waals surface area (Å²) in [5, 5.41) is 0. The molecule has 8 heteroatoms. The number of hydrogen-bond acceptors (Lipinski definition) is 3. The Labute approximate surface area is 140 Å². The van der Waals surface area contributed by atoms with E-state index in [1.165, 1.54) is 42.5 Å². The Morgan fingerprint density at radius 2 is 1.70 bits per heavy atom. The van der Waals surface area contributed by atoms with Crippen molar-refractivity contribution in [3.63, 3.8) is 0 Å². The summed E-state index contributed by atoms with van der Waals surface area (Å²) in [4.78, 5) is -0.353. The number of hydrogen-bond donors (Lipinski definition) is 0. The summed E-state index contributed by atoms with van der Waals surface area (Å²) >= 11 is 3.07. The van der Waals surface area contributed by atoms with Crippen LogP contribution in [0.15, 0.2) is 57.9 Å². The molecule has 1 atom stereocenters. The van der Waals surface area contributed by atoms with Crippen molar-refractivity contribution in [1.82, 2.24) is 0 Å². The molecule has 0 saturated carbocycles. The summed E-state index contributed by atoms with van der Waals surface area (Å²) in [5.74, 6) is 0. The van der Waals surface area contributed by atoms with Crippen molar-refractivity contribution in [3.8, 4) is 0 Å². The SMILES string of the molecule is Cc1ccc(C(OS(=O)(=O)c2cccc(Br)c2)C(F)(F)F)cc1. The largest absolute Gasteiger partial charge is 0.420 e. The summed E-state index contributed by atoms with van der Waals surface area (Å²) < 4.78 is 68.9. The second-order valence-corrected chi connectivity index (χ2v) is 7.33. The zero-order chi connectivity index (χ0) is 17.3. The minimum absolute atomic E-state index is 0.276. The molecule has 0 aliphatic rings. The van der Waals surface area contributed by atoms with Crippen LogP contribution in [-0.4, -0.2) is 14.6 Å². The molecule has 3 nitrogen and oxygen atoms in total. The first-order valence-corrected chi connectivity index (χ1v) is 8.62. The Balaban J connectivity index is 2.40. The molecule has 0 heterocycles. The van der Waals surface area contributed by atoms with Gasteiger partial charge in [-0.1, -0.05) is 51.8 Å². The van der Waals surface area contributed by atoms with Crippen LogP contribution in [0.5, 0.6) is 0 Å². The van der Waals surface area contributed by atoms with Gasteiger partial charge < -0.3 is 0 Å². The molecule has 0 amide bonds. The maximum atomic E-state index is 13.2. The van der Waals surface area contributed by atoms with Gasteiger partial charge in [0, 0.05) is 4.47 Å². The molecule has 2 aromatic carbocycles. The van der Waals surface area contributed by atoms with Crippen molar-refractivity contribution >= 4 is 26.0 Å². The summed E-state index contributed by atoms with van der Waals surface area (Å²) in [6, 6.07) is 10.6. The zero-order valence-electron chi connectivity index (χ0n) is 11.8. The Kier molecular flexibility index (Phi) is 5.17. The van der Waals surface area contributed by atoms with Crippen LogP contribution in [0.4, 0.5) is 13.2 Å². The predicted octanol–water partition coefficient (Wildman–Crippen LogP) is 4.77. The molecule has 23 heavy (non-hydrogen) atoms. The number of halogens is 4. The van der Waals surface area contributed by atoms with Gasteiger partial charge in [-0.25, -0.2) is 4.18 Å². The fourth-order valence-corrected chi connectivity index (χ4v) is 3.50. The van der Waals surface area contributed by atoms with E-state index in [1.807, 2.05) is 0 Å². The van der Waals surface area contributed by atoms with Gasteiger partial charge in [0.25, 0.3) is 10.1 Å². The zero-order valence-corrected chi connectivity index (χ0v) is 14.2. The molecule has 0 radical (unpaired) electrons. The van der Waals surface area contributed by atoms with Crippen LogP contribution in [0, 0.1) is 6.92 Å². The fraction of sp³-hybridized carbons (Fsp3) is 0.200. The van der Waals surface area contributed by atoms with Gasteiger partial charge >= 0.3 is 6.18 Å². The molecule has 0 spiro atoms. The van der Waals surface area contributed by atoms with Crippen LogP contribution in [-0.2, 0) is 14.3 Å². The summed E-state index contributed by atoms with van der Waals surface area (Å²) in [5.41, 5.74) is 0.478. The standard InChI is InChI=1S/C15H12BrF3O3S/c1-10-5-7-11(8-6-10)14(15(17,18)19)22-23(20,21)13-4-2-3-12(16)9-13/h2-9,14H,1H3. The first-order valence-electron chi connectivity index (χ1n) is 6.42. The molecule has 0 bridgehead atoms. The normalized spacial score (nSPS) is 13.8. The lowest BCUT2D eigenvalue weighted by Gasteiger charge is -2.21. The lowest BCUT2D eigenvalue weighted by atomic mass is 10.1. The summed E-state index contributed by atoms with van der Waals surface area (Å²) in [7, 11) is -4.57. The van der Waals surface area contributed by atoms with Gasteiger partial charge in [0.2, 0.25) is 0 Å². The van der Waals surface area contributed by atoms with Gasteiger partial charge in [0.05, 0.1) is 4.90 Å². The lowest BCUT2D eigenvalue weighted by molar-refractivity contribution is -0.196. The van der Waals surface area contributed by atoms with E-state index < -0.39 is 22.4 Å². The highest BCUT2D eigenvalue weighted by Crippen LogP contribution is 2.38. The van der Waals surface area contributed by atoms with Gasteiger partial charge in [-0.3, -0.25) is 0 Å². The third-order valence-corrected chi connectivity index (χ3v) is 4.76. The highest BCUT2D eigenvalue weighted by molar-refractivity contribution is 9.10. The summed E-state index contributed by atoms with van der Waals surface area (Å²) in [6.45, 7) is 1.71. The Bertz CT molecular complexity index is 786. The lowest BCUT2D eigenvalue weighted by Crippen LogP contribution is -2.26. The third kappa shape index (κ3) is 4.55. The van der Waals surface area contributed by atoms with Gasteiger partial charge in [0.15, 0.2) is 6.10 Å². The quantitative estimate of drug-likeness (QED) is 0.684. The van der Waals surface area contributed by atoms with E-state index in [9.17, 15) is 21.6 Å². The maximum absolute atomic E-state index is 13.2. The van der Waals surface area contributed by atoms with Gasteiger partial charge in [-0.15, -0.1) is 0 Å². The minimum atomic E-state index is -4.87. The average Bonchev–Trinajstić information content (AvgIpc) is 2.45. The first kappa shape index (κ1) is 18.0. The van der Waals surface area contributed by atoms with E-state index in [4.69, 9.17) is 0 Å². The molecule has 124 valence electrons. The molecule has 0 aliphatic carbocycles. The van der Waals surface area contributed by atoms with Gasteiger partial charge in [0.1, 0.15) is 0 Å². The van der Waals surface area contributed by atoms with Crippen LogP contribution in [0.1, 0.15) is 17.2 Å².